The van der Waals surface area contributed by atoms with Crippen LogP contribution >= 0.6 is 0 Å². The van der Waals surface area contributed by atoms with E-state index in [1.807, 2.05) is 0 Å². The van der Waals surface area contributed by atoms with Crippen molar-refractivity contribution < 1.29 is 5.11 Å². The highest BCUT2D eigenvalue weighted by Crippen LogP contribution is 2.69. The van der Waals surface area contributed by atoms with Crippen LogP contribution in [0.5, 0.6) is 0 Å². The van der Waals surface area contributed by atoms with Crippen molar-refractivity contribution in [1.29, 1.82) is 0 Å². The van der Waals surface area contributed by atoms with E-state index in [0.717, 1.165) is 12.0 Å². The molecule has 0 bridgehead atoms. The van der Waals surface area contributed by atoms with Crippen molar-refractivity contribution >= 4 is 0 Å². The van der Waals surface area contributed by atoms with Gasteiger partial charge < -0.3 is 5.11 Å². The number of rotatable bonds is 1. The molecule has 1 heteroatoms. The van der Waals surface area contributed by atoms with Crippen LogP contribution in [0.15, 0.2) is 12.2 Å². The van der Waals surface area contributed by atoms with Gasteiger partial charge in [-0.1, -0.05) is 20.4 Å². The second-order valence-corrected chi connectivity index (χ2v) is 4.44. The number of aliphatic hydroxyl groups excluding tert-OH is 1. The van der Waals surface area contributed by atoms with Crippen LogP contribution in [0, 0.1) is 17.3 Å². The summed E-state index contributed by atoms with van der Waals surface area (Å²) in [5.74, 6) is 1.36. The molecule has 0 aromatic rings. The first-order chi connectivity index (χ1) is 5.08. The fraction of sp³-hybridized carbons (Fsp3) is 0.800. The summed E-state index contributed by atoms with van der Waals surface area (Å²) in [6, 6.07) is 0. The largest absolute Gasteiger partial charge is 0.389 e. The summed E-state index contributed by atoms with van der Waals surface area (Å²) in [4.78, 5) is 0. The average molecular weight is 152 g/mol. The Labute approximate surface area is 68.1 Å². The molecule has 0 saturated heterocycles. The fourth-order valence-corrected chi connectivity index (χ4v) is 2.64. The second-order valence-electron chi connectivity index (χ2n) is 4.44. The Morgan fingerprint density at radius 3 is 2.45 bits per heavy atom. The summed E-state index contributed by atoms with van der Waals surface area (Å²) < 4.78 is 0. The van der Waals surface area contributed by atoms with E-state index < -0.39 is 0 Å². The van der Waals surface area contributed by atoms with Crippen molar-refractivity contribution in [3.63, 3.8) is 0 Å². The molecule has 2 fully saturated rings. The van der Waals surface area contributed by atoms with Gasteiger partial charge in [0.1, 0.15) is 0 Å². The predicted octanol–water partition coefficient (Wildman–Crippen LogP) is 1.97. The van der Waals surface area contributed by atoms with Gasteiger partial charge in [0.15, 0.2) is 0 Å². The van der Waals surface area contributed by atoms with Crippen molar-refractivity contribution in [2.75, 3.05) is 0 Å². The van der Waals surface area contributed by atoms with Gasteiger partial charge in [-0.05, 0) is 35.7 Å². The van der Waals surface area contributed by atoms with Crippen molar-refractivity contribution in [3.8, 4) is 0 Å². The first kappa shape index (κ1) is 7.35. The number of hydrogen-bond donors (Lipinski definition) is 1. The van der Waals surface area contributed by atoms with Crippen molar-refractivity contribution in [1.82, 2.24) is 0 Å². The third kappa shape index (κ3) is 0.750. The third-order valence-corrected chi connectivity index (χ3v) is 3.72. The Morgan fingerprint density at radius 2 is 2.18 bits per heavy atom. The van der Waals surface area contributed by atoms with Crippen LogP contribution in [-0.4, -0.2) is 11.2 Å². The number of hydrogen-bond acceptors (Lipinski definition) is 1. The lowest BCUT2D eigenvalue weighted by Crippen LogP contribution is -2.12. The van der Waals surface area contributed by atoms with Gasteiger partial charge in [0.25, 0.3) is 0 Å². The van der Waals surface area contributed by atoms with Gasteiger partial charge in [-0.25, -0.2) is 0 Å². The third-order valence-electron chi connectivity index (χ3n) is 3.72. The molecular formula is C10H16O. The van der Waals surface area contributed by atoms with Gasteiger partial charge in [-0.3, -0.25) is 0 Å². The minimum Gasteiger partial charge on any atom is -0.389 e. The van der Waals surface area contributed by atoms with E-state index in [-0.39, 0.29) is 6.10 Å². The molecule has 2 aliphatic carbocycles. The van der Waals surface area contributed by atoms with E-state index in [2.05, 4.69) is 20.4 Å². The van der Waals surface area contributed by atoms with Gasteiger partial charge in [-0.2, -0.15) is 0 Å². The summed E-state index contributed by atoms with van der Waals surface area (Å²) in [5, 5.41) is 9.51. The molecule has 0 heterocycles. The standard InChI is InChI=1S/C10H16O/c1-6(2)10-4-8(10)7(3)9(11)5-10/h6,8-9,11H,3-5H2,1-2H3/t8?,9?,10-/m1/s1. The Morgan fingerprint density at radius 1 is 1.55 bits per heavy atom. The van der Waals surface area contributed by atoms with E-state index in [4.69, 9.17) is 0 Å². The minimum atomic E-state index is -0.198. The molecule has 0 aromatic heterocycles. The van der Waals surface area contributed by atoms with Crippen molar-refractivity contribution in [2.24, 2.45) is 17.3 Å². The molecule has 1 N–H and O–H groups in total. The van der Waals surface area contributed by atoms with E-state index >= 15 is 0 Å². The van der Waals surface area contributed by atoms with E-state index in [9.17, 15) is 5.11 Å². The fourth-order valence-electron chi connectivity index (χ4n) is 2.64. The predicted molar refractivity (Wildman–Crippen MR) is 45.1 cm³/mol. The zero-order valence-electron chi connectivity index (χ0n) is 7.30. The Hall–Kier alpha value is -0.300. The van der Waals surface area contributed by atoms with Crippen LogP contribution in [0.4, 0.5) is 0 Å². The smallest absolute Gasteiger partial charge is 0.0756 e. The maximum absolute atomic E-state index is 9.51. The molecular weight excluding hydrogens is 136 g/mol. The molecule has 0 radical (unpaired) electrons. The average Bonchev–Trinajstić information content (AvgIpc) is 2.57. The summed E-state index contributed by atoms with van der Waals surface area (Å²) >= 11 is 0. The van der Waals surface area contributed by atoms with E-state index in [0.29, 0.717) is 17.3 Å². The van der Waals surface area contributed by atoms with Gasteiger partial charge in [0.05, 0.1) is 6.10 Å². The van der Waals surface area contributed by atoms with Gasteiger partial charge in [-0.15, -0.1) is 0 Å². The van der Waals surface area contributed by atoms with Crippen molar-refractivity contribution in [2.45, 2.75) is 32.8 Å². The van der Waals surface area contributed by atoms with Crippen molar-refractivity contribution in [3.05, 3.63) is 12.2 Å². The van der Waals surface area contributed by atoms with Gasteiger partial charge in [0, 0.05) is 0 Å². The summed E-state index contributed by atoms with van der Waals surface area (Å²) in [5.41, 5.74) is 1.55. The molecule has 62 valence electrons. The molecule has 0 aromatic carbocycles. The zero-order chi connectivity index (χ0) is 8.22. The molecule has 2 aliphatic rings. The molecule has 11 heavy (non-hydrogen) atoms. The first-order valence-electron chi connectivity index (χ1n) is 4.44. The summed E-state index contributed by atoms with van der Waals surface area (Å²) in [7, 11) is 0. The van der Waals surface area contributed by atoms with Gasteiger partial charge >= 0.3 is 0 Å². The zero-order valence-corrected chi connectivity index (χ0v) is 7.30. The highest BCUT2D eigenvalue weighted by Gasteiger charge is 2.63. The second kappa shape index (κ2) is 1.89. The highest BCUT2D eigenvalue weighted by atomic mass is 16.3. The topological polar surface area (TPSA) is 20.2 Å². The SMILES string of the molecule is C=C1C(O)C[C@@]2(C(C)C)CC12. The maximum atomic E-state index is 9.51. The van der Waals surface area contributed by atoms with Gasteiger partial charge in [0.2, 0.25) is 0 Å². The first-order valence-corrected chi connectivity index (χ1v) is 4.44. The molecule has 0 amide bonds. The highest BCUT2D eigenvalue weighted by molar-refractivity contribution is 5.30. The number of fused-ring (bicyclic) bond motifs is 1. The molecule has 2 rings (SSSR count). The molecule has 0 aliphatic heterocycles. The van der Waals surface area contributed by atoms with Crippen LogP contribution in [0.2, 0.25) is 0 Å². The van der Waals surface area contributed by atoms with Crippen LogP contribution in [0.3, 0.4) is 0 Å². The summed E-state index contributed by atoms with van der Waals surface area (Å²) in [6.07, 6.45) is 2.05. The molecule has 3 atom stereocenters. The Balaban J connectivity index is 2.20. The maximum Gasteiger partial charge on any atom is 0.0756 e. The van der Waals surface area contributed by atoms with Crippen LogP contribution < -0.4 is 0 Å². The normalized spacial score (nSPS) is 48.2. The lowest BCUT2D eigenvalue weighted by atomic mass is 9.89. The molecule has 2 saturated carbocycles. The monoisotopic (exact) mass is 152 g/mol. The number of aliphatic hydroxyl groups is 1. The Bertz CT molecular complexity index is 207. The van der Waals surface area contributed by atoms with Crippen LogP contribution in [0.1, 0.15) is 26.7 Å². The van der Waals surface area contributed by atoms with E-state index in [1.165, 1.54) is 6.42 Å². The minimum absolute atomic E-state index is 0.198. The molecule has 0 spiro atoms. The quantitative estimate of drug-likeness (QED) is 0.569. The molecule has 1 nitrogen and oxygen atoms in total. The Kier molecular flexibility index (Phi) is 1.26. The van der Waals surface area contributed by atoms with E-state index in [1.54, 1.807) is 0 Å². The lowest BCUT2D eigenvalue weighted by Gasteiger charge is -2.16. The van der Waals surface area contributed by atoms with Crippen LogP contribution in [-0.2, 0) is 0 Å². The summed E-state index contributed by atoms with van der Waals surface area (Å²) in [6.45, 7) is 8.45. The lowest BCUT2D eigenvalue weighted by molar-refractivity contribution is 0.176. The molecule has 2 unspecified atom stereocenters. The van der Waals surface area contributed by atoms with Crippen LogP contribution in [0.25, 0.3) is 0 Å².